The highest BCUT2D eigenvalue weighted by Crippen LogP contribution is 2.48. The first kappa shape index (κ1) is 14.5. The lowest BCUT2D eigenvalue weighted by atomic mass is 9.64. The van der Waals surface area contributed by atoms with Crippen molar-refractivity contribution in [2.75, 3.05) is 0 Å². The number of aryl methyl sites for hydroxylation is 1. The van der Waals surface area contributed by atoms with Gasteiger partial charge in [0, 0.05) is 0 Å². The number of benzene rings is 1. The van der Waals surface area contributed by atoms with Gasteiger partial charge in [-0.3, -0.25) is 0 Å². The smallest absolute Gasteiger partial charge is 0.123 e. The van der Waals surface area contributed by atoms with Gasteiger partial charge in [-0.15, -0.1) is 0 Å². The van der Waals surface area contributed by atoms with Gasteiger partial charge in [-0.05, 0) is 60.8 Å². The van der Waals surface area contributed by atoms with E-state index in [9.17, 15) is 9.50 Å². The minimum Gasteiger partial charge on any atom is -0.385 e. The first-order valence-electron chi connectivity index (χ1n) is 7.33. The van der Waals surface area contributed by atoms with Crippen LogP contribution in [0.25, 0.3) is 0 Å². The first-order chi connectivity index (χ1) is 8.84. The van der Waals surface area contributed by atoms with Crippen molar-refractivity contribution in [3.8, 4) is 0 Å². The van der Waals surface area contributed by atoms with Gasteiger partial charge in [-0.25, -0.2) is 4.39 Å². The van der Waals surface area contributed by atoms with Gasteiger partial charge in [0.15, 0.2) is 0 Å². The second-order valence-electron chi connectivity index (χ2n) is 6.62. The summed E-state index contributed by atoms with van der Waals surface area (Å²) < 4.78 is 13.3. The molecular weight excluding hydrogens is 239 g/mol. The summed E-state index contributed by atoms with van der Waals surface area (Å²) in [6, 6.07) is 4.78. The maximum Gasteiger partial charge on any atom is 0.123 e. The fraction of sp³-hybridized carbons (Fsp3) is 0.647. The minimum atomic E-state index is -0.802. The van der Waals surface area contributed by atoms with Crippen LogP contribution < -0.4 is 0 Å². The van der Waals surface area contributed by atoms with Crippen molar-refractivity contribution < 1.29 is 9.50 Å². The molecule has 0 saturated heterocycles. The lowest BCUT2D eigenvalue weighted by Gasteiger charge is -2.45. The molecule has 1 aliphatic rings. The Hall–Kier alpha value is -0.890. The molecule has 1 N–H and O–H groups in total. The molecule has 1 aliphatic carbocycles. The quantitative estimate of drug-likeness (QED) is 0.838. The molecule has 3 unspecified atom stereocenters. The van der Waals surface area contributed by atoms with Crippen LogP contribution in [-0.4, -0.2) is 5.11 Å². The predicted octanol–water partition coefficient (Wildman–Crippen LogP) is 4.41. The molecule has 0 aromatic heterocycles. The molecule has 1 fully saturated rings. The standard InChI is InChI=1S/C17H25FO/c1-11(2)15-7-5-12(3)10-17(15,19)16-8-6-14(18)9-13(16)4/h6,8-9,11-12,15,19H,5,7,10H2,1-4H3. The van der Waals surface area contributed by atoms with Crippen molar-refractivity contribution in [2.45, 2.75) is 52.6 Å². The van der Waals surface area contributed by atoms with Crippen molar-refractivity contribution in [2.24, 2.45) is 17.8 Å². The SMILES string of the molecule is Cc1cc(F)ccc1C1(O)CC(C)CCC1C(C)C. The van der Waals surface area contributed by atoms with E-state index in [1.807, 2.05) is 6.92 Å². The van der Waals surface area contributed by atoms with Gasteiger partial charge < -0.3 is 5.11 Å². The number of rotatable bonds is 2. The second kappa shape index (κ2) is 5.24. The maximum atomic E-state index is 13.3. The van der Waals surface area contributed by atoms with Gasteiger partial charge in [0.2, 0.25) is 0 Å². The molecule has 0 amide bonds. The summed E-state index contributed by atoms with van der Waals surface area (Å²) in [6.07, 6.45) is 3.00. The van der Waals surface area contributed by atoms with E-state index in [1.54, 1.807) is 6.07 Å². The Balaban J connectivity index is 2.46. The van der Waals surface area contributed by atoms with Gasteiger partial charge in [0.25, 0.3) is 0 Å². The van der Waals surface area contributed by atoms with Crippen LogP contribution in [0.5, 0.6) is 0 Å². The third kappa shape index (κ3) is 2.69. The van der Waals surface area contributed by atoms with Gasteiger partial charge in [-0.2, -0.15) is 0 Å². The lowest BCUT2D eigenvalue weighted by molar-refractivity contribution is -0.0870. The Morgan fingerprint density at radius 3 is 2.58 bits per heavy atom. The highest BCUT2D eigenvalue weighted by Gasteiger charge is 2.44. The van der Waals surface area contributed by atoms with Crippen LogP contribution in [0.4, 0.5) is 4.39 Å². The van der Waals surface area contributed by atoms with E-state index in [1.165, 1.54) is 18.6 Å². The van der Waals surface area contributed by atoms with Crippen molar-refractivity contribution in [3.63, 3.8) is 0 Å². The van der Waals surface area contributed by atoms with Gasteiger partial charge in [0.1, 0.15) is 5.82 Å². The number of aliphatic hydroxyl groups is 1. The molecule has 0 spiro atoms. The lowest BCUT2D eigenvalue weighted by Crippen LogP contribution is -2.43. The van der Waals surface area contributed by atoms with E-state index in [2.05, 4.69) is 20.8 Å². The fourth-order valence-corrected chi connectivity index (χ4v) is 3.79. The Morgan fingerprint density at radius 2 is 2.00 bits per heavy atom. The third-order valence-electron chi connectivity index (χ3n) is 4.70. The Bertz CT molecular complexity index is 455. The molecule has 1 aromatic carbocycles. The van der Waals surface area contributed by atoms with E-state index >= 15 is 0 Å². The zero-order valence-corrected chi connectivity index (χ0v) is 12.4. The molecule has 1 saturated carbocycles. The Labute approximate surface area is 115 Å². The summed E-state index contributed by atoms with van der Waals surface area (Å²) in [5.74, 6) is 0.981. The average molecular weight is 264 g/mol. The van der Waals surface area contributed by atoms with E-state index in [4.69, 9.17) is 0 Å². The van der Waals surface area contributed by atoms with E-state index in [0.717, 1.165) is 24.0 Å². The Kier molecular flexibility index (Phi) is 4.00. The topological polar surface area (TPSA) is 20.2 Å². The fourth-order valence-electron chi connectivity index (χ4n) is 3.79. The highest BCUT2D eigenvalue weighted by atomic mass is 19.1. The van der Waals surface area contributed by atoms with Crippen LogP contribution in [0.2, 0.25) is 0 Å². The predicted molar refractivity (Wildman–Crippen MR) is 76.4 cm³/mol. The van der Waals surface area contributed by atoms with Crippen LogP contribution in [0.1, 0.15) is 51.2 Å². The van der Waals surface area contributed by atoms with Crippen LogP contribution in [0, 0.1) is 30.5 Å². The molecule has 1 aromatic rings. The first-order valence-corrected chi connectivity index (χ1v) is 7.33. The second-order valence-corrected chi connectivity index (χ2v) is 6.62. The van der Waals surface area contributed by atoms with Crippen molar-refractivity contribution >= 4 is 0 Å². The minimum absolute atomic E-state index is 0.227. The summed E-state index contributed by atoms with van der Waals surface area (Å²) in [6.45, 7) is 8.43. The maximum absolute atomic E-state index is 13.3. The normalized spacial score (nSPS) is 31.7. The molecule has 0 heterocycles. The zero-order chi connectivity index (χ0) is 14.2. The molecule has 0 aliphatic heterocycles. The van der Waals surface area contributed by atoms with Crippen LogP contribution >= 0.6 is 0 Å². The molecular formula is C17H25FO. The monoisotopic (exact) mass is 264 g/mol. The van der Waals surface area contributed by atoms with Crippen molar-refractivity contribution in [1.82, 2.24) is 0 Å². The summed E-state index contributed by atoms with van der Waals surface area (Å²) >= 11 is 0. The summed E-state index contributed by atoms with van der Waals surface area (Å²) in [4.78, 5) is 0. The molecule has 0 bridgehead atoms. The average Bonchev–Trinajstić information content (AvgIpc) is 2.27. The molecule has 1 nitrogen and oxygen atoms in total. The number of hydrogen-bond acceptors (Lipinski definition) is 1. The van der Waals surface area contributed by atoms with E-state index < -0.39 is 5.60 Å². The molecule has 0 radical (unpaired) electrons. The molecule has 3 atom stereocenters. The summed E-state index contributed by atoms with van der Waals surface area (Å²) in [5, 5.41) is 11.3. The van der Waals surface area contributed by atoms with Gasteiger partial charge in [-0.1, -0.05) is 33.3 Å². The van der Waals surface area contributed by atoms with Crippen LogP contribution in [-0.2, 0) is 5.60 Å². The number of hydrogen-bond donors (Lipinski definition) is 1. The van der Waals surface area contributed by atoms with Crippen LogP contribution in [0.3, 0.4) is 0 Å². The zero-order valence-electron chi connectivity index (χ0n) is 12.4. The van der Waals surface area contributed by atoms with E-state index in [-0.39, 0.29) is 11.7 Å². The molecule has 19 heavy (non-hydrogen) atoms. The van der Waals surface area contributed by atoms with Crippen molar-refractivity contribution in [3.05, 3.63) is 35.1 Å². The van der Waals surface area contributed by atoms with E-state index in [0.29, 0.717) is 11.8 Å². The van der Waals surface area contributed by atoms with Crippen molar-refractivity contribution in [1.29, 1.82) is 0 Å². The van der Waals surface area contributed by atoms with Crippen LogP contribution in [0.15, 0.2) is 18.2 Å². The Morgan fingerprint density at radius 1 is 1.32 bits per heavy atom. The highest BCUT2D eigenvalue weighted by molar-refractivity contribution is 5.33. The van der Waals surface area contributed by atoms with Gasteiger partial charge >= 0.3 is 0 Å². The summed E-state index contributed by atoms with van der Waals surface area (Å²) in [7, 11) is 0. The number of halogens is 1. The molecule has 2 rings (SSSR count). The summed E-state index contributed by atoms with van der Waals surface area (Å²) in [5.41, 5.74) is 0.977. The third-order valence-corrected chi connectivity index (χ3v) is 4.70. The van der Waals surface area contributed by atoms with Gasteiger partial charge in [0.05, 0.1) is 5.60 Å². The molecule has 106 valence electrons. The largest absolute Gasteiger partial charge is 0.385 e. The molecule has 2 heteroatoms.